The monoisotopic (exact) mass is 331 g/mol. The molecule has 3 rings (SSSR count). The fraction of sp³-hybridized carbons (Fsp3) is 0.667. The number of aryl methyl sites for hydroxylation is 3. The predicted octanol–water partition coefficient (Wildman–Crippen LogP) is 2.43. The molecule has 2 aromatic heterocycles. The van der Waals surface area contributed by atoms with Gasteiger partial charge in [0.2, 0.25) is 0 Å². The van der Waals surface area contributed by atoms with Gasteiger partial charge in [-0.25, -0.2) is 4.98 Å². The first-order chi connectivity index (χ1) is 11.6. The summed E-state index contributed by atoms with van der Waals surface area (Å²) in [4.78, 5) is 7.27. The summed E-state index contributed by atoms with van der Waals surface area (Å²) in [5.74, 6) is 1.04. The molecule has 0 saturated carbocycles. The smallest absolute Gasteiger partial charge is 0.160 e. The first kappa shape index (κ1) is 17.2. The summed E-state index contributed by atoms with van der Waals surface area (Å²) in [7, 11) is 0. The van der Waals surface area contributed by atoms with Crippen LogP contribution in [-0.2, 0) is 11.2 Å². The van der Waals surface area contributed by atoms with E-state index in [0.717, 1.165) is 74.1 Å². The summed E-state index contributed by atoms with van der Waals surface area (Å²) in [6, 6.07) is 2.64. The van der Waals surface area contributed by atoms with Gasteiger partial charge in [0.25, 0.3) is 0 Å². The maximum atomic E-state index is 5.48. The predicted molar refractivity (Wildman–Crippen MR) is 96.8 cm³/mol. The lowest BCUT2D eigenvalue weighted by Crippen LogP contribution is -2.46. The number of rotatable bonds is 6. The van der Waals surface area contributed by atoms with Crippen LogP contribution in [0.4, 0.5) is 5.82 Å². The Balaban J connectivity index is 1.82. The average molecular weight is 331 g/mol. The van der Waals surface area contributed by atoms with Crippen molar-refractivity contribution in [2.45, 2.75) is 46.6 Å². The Morgan fingerprint density at radius 2 is 2.00 bits per heavy atom. The Morgan fingerprint density at radius 1 is 1.25 bits per heavy atom. The minimum atomic E-state index is 0.514. The molecular formula is C18H29N5O. The lowest BCUT2D eigenvalue weighted by molar-refractivity contribution is 0.0184. The van der Waals surface area contributed by atoms with Gasteiger partial charge in [-0.1, -0.05) is 13.8 Å². The molecule has 1 saturated heterocycles. The first-order valence-electron chi connectivity index (χ1n) is 9.05. The van der Waals surface area contributed by atoms with Crippen LogP contribution in [0, 0.1) is 13.8 Å². The van der Waals surface area contributed by atoms with E-state index in [4.69, 9.17) is 9.72 Å². The molecule has 24 heavy (non-hydrogen) atoms. The Morgan fingerprint density at radius 3 is 2.67 bits per heavy atom. The van der Waals surface area contributed by atoms with E-state index >= 15 is 0 Å². The molecule has 3 heterocycles. The number of anilines is 1. The second kappa shape index (κ2) is 7.49. The van der Waals surface area contributed by atoms with Gasteiger partial charge >= 0.3 is 0 Å². The lowest BCUT2D eigenvalue weighted by Gasteiger charge is -2.34. The van der Waals surface area contributed by atoms with Gasteiger partial charge in [-0.05, 0) is 26.7 Å². The van der Waals surface area contributed by atoms with Crippen LogP contribution in [0.25, 0.3) is 5.65 Å². The molecule has 1 atom stereocenters. The van der Waals surface area contributed by atoms with Crippen LogP contribution in [0.2, 0.25) is 0 Å². The minimum Gasteiger partial charge on any atom is -0.379 e. The molecule has 2 aromatic rings. The van der Waals surface area contributed by atoms with Gasteiger partial charge in [-0.15, -0.1) is 0 Å². The molecular weight excluding hydrogens is 302 g/mol. The molecule has 0 unspecified atom stereocenters. The average Bonchev–Trinajstić information content (AvgIpc) is 2.91. The van der Waals surface area contributed by atoms with Crippen LogP contribution in [-0.4, -0.2) is 58.4 Å². The highest BCUT2D eigenvalue weighted by Gasteiger charge is 2.20. The fourth-order valence-electron chi connectivity index (χ4n) is 3.28. The standard InChI is InChI=1S/C18H29N5O/c1-5-15-11-17(23-18(20-15)13(3)14(4)21-23)19-12-16(6-2)22-7-9-24-10-8-22/h11,16,19H,5-10,12H2,1-4H3/t16-/m0/s1. The third-order valence-electron chi connectivity index (χ3n) is 5.02. The second-order valence-electron chi connectivity index (χ2n) is 6.52. The zero-order valence-electron chi connectivity index (χ0n) is 15.3. The van der Waals surface area contributed by atoms with Crippen molar-refractivity contribution < 1.29 is 4.74 Å². The molecule has 0 aromatic carbocycles. The van der Waals surface area contributed by atoms with E-state index in [-0.39, 0.29) is 0 Å². The highest BCUT2D eigenvalue weighted by molar-refractivity contribution is 5.56. The topological polar surface area (TPSA) is 54.7 Å². The third kappa shape index (κ3) is 3.39. The van der Waals surface area contributed by atoms with Crippen molar-refractivity contribution in [1.82, 2.24) is 19.5 Å². The van der Waals surface area contributed by atoms with Gasteiger partial charge in [0.1, 0.15) is 5.82 Å². The van der Waals surface area contributed by atoms with Gasteiger partial charge in [-0.2, -0.15) is 9.61 Å². The number of morpholine rings is 1. The van der Waals surface area contributed by atoms with Gasteiger partial charge in [-0.3, -0.25) is 4.90 Å². The van der Waals surface area contributed by atoms with Crippen molar-refractivity contribution in [3.05, 3.63) is 23.0 Å². The minimum absolute atomic E-state index is 0.514. The maximum absolute atomic E-state index is 5.48. The molecule has 1 aliphatic heterocycles. The van der Waals surface area contributed by atoms with Gasteiger partial charge in [0, 0.05) is 43.0 Å². The number of ether oxygens (including phenoxy) is 1. The van der Waals surface area contributed by atoms with Crippen LogP contribution in [0.15, 0.2) is 6.07 Å². The van der Waals surface area contributed by atoms with E-state index in [0.29, 0.717) is 6.04 Å². The second-order valence-corrected chi connectivity index (χ2v) is 6.52. The maximum Gasteiger partial charge on any atom is 0.160 e. The SMILES string of the molecule is CCc1cc(NC[C@H](CC)N2CCOCC2)n2nc(C)c(C)c2n1. The third-order valence-corrected chi connectivity index (χ3v) is 5.02. The van der Waals surface area contributed by atoms with E-state index < -0.39 is 0 Å². The summed E-state index contributed by atoms with van der Waals surface area (Å²) in [5, 5.41) is 8.29. The van der Waals surface area contributed by atoms with Crippen LogP contribution in [0.1, 0.15) is 37.2 Å². The molecule has 1 aliphatic rings. The summed E-state index contributed by atoms with van der Waals surface area (Å²) in [6.07, 6.45) is 2.05. The largest absolute Gasteiger partial charge is 0.379 e. The number of nitrogens with zero attached hydrogens (tertiary/aromatic N) is 4. The van der Waals surface area contributed by atoms with E-state index in [1.54, 1.807) is 0 Å². The van der Waals surface area contributed by atoms with Crippen molar-refractivity contribution in [1.29, 1.82) is 0 Å². The Kier molecular flexibility index (Phi) is 5.36. The molecule has 0 aliphatic carbocycles. The molecule has 0 radical (unpaired) electrons. The van der Waals surface area contributed by atoms with Crippen LogP contribution in [0.3, 0.4) is 0 Å². The number of hydrogen-bond acceptors (Lipinski definition) is 5. The van der Waals surface area contributed by atoms with Gasteiger partial charge in [0.15, 0.2) is 5.65 Å². The first-order valence-corrected chi connectivity index (χ1v) is 9.05. The molecule has 0 amide bonds. The number of hydrogen-bond donors (Lipinski definition) is 1. The zero-order chi connectivity index (χ0) is 17.1. The van der Waals surface area contributed by atoms with E-state index in [1.165, 1.54) is 0 Å². The molecule has 0 spiro atoms. The van der Waals surface area contributed by atoms with Crippen LogP contribution < -0.4 is 5.32 Å². The van der Waals surface area contributed by atoms with Crippen molar-refractivity contribution in [2.75, 3.05) is 38.2 Å². The van der Waals surface area contributed by atoms with Crippen molar-refractivity contribution in [3.63, 3.8) is 0 Å². The highest BCUT2D eigenvalue weighted by atomic mass is 16.5. The Hall–Kier alpha value is -1.66. The molecule has 132 valence electrons. The molecule has 6 heteroatoms. The van der Waals surface area contributed by atoms with Gasteiger partial charge in [0.05, 0.1) is 18.9 Å². The normalized spacial score (nSPS) is 17.3. The van der Waals surface area contributed by atoms with Crippen molar-refractivity contribution >= 4 is 11.5 Å². The molecule has 6 nitrogen and oxygen atoms in total. The lowest BCUT2D eigenvalue weighted by atomic mass is 10.1. The van der Waals surface area contributed by atoms with E-state index in [9.17, 15) is 0 Å². The number of aromatic nitrogens is 3. The van der Waals surface area contributed by atoms with Crippen LogP contribution >= 0.6 is 0 Å². The summed E-state index contributed by atoms with van der Waals surface area (Å²) < 4.78 is 7.43. The zero-order valence-corrected chi connectivity index (χ0v) is 15.3. The Labute approximate surface area is 144 Å². The quantitative estimate of drug-likeness (QED) is 0.881. The summed E-state index contributed by atoms with van der Waals surface area (Å²) in [6.45, 7) is 13.2. The fourth-order valence-corrected chi connectivity index (χ4v) is 3.28. The summed E-state index contributed by atoms with van der Waals surface area (Å²) in [5.41, 5.74) is 4.27. The summed E-state index contributed by atoms with van der Waals surface area (Å²) >= 11 is 0. The van der Waals surface area contributed by atoms with Crippen molar-refractivity contribution in [3.8, 4) is 0 Å². The molecule has 0 bridgehead atoms. The number of nitrogens with one attached hydrogen (secondary N) is 1. The van der Waals surface area contributed by atoms with E-state index in [2.05, 4.69) is 42.2 Å². The highest BCUT2D eigenvalue weighted by Crippen LogP contribution is 2.19. The van der Waals surface area contributed by atoms with E-state index in [1.807, 2.05) is 11.4 Å². The molecule has 1 N–H and O–H groups in total. The number of fused-ring (bicyclic) bond motifs is 1. The Bertz CT molecular complexity index is 690. The van der Waals surface area contributed by atoms with Gasteiger partial charge < -0.3 is 10.1 Å². The van der Waals surface area contributed by atoms with Crippen molar-refractivity contribution in [2.24, 2.45) is 0 Å². The molecule has 1 fully saturated rings. The van der Waals surface area contributed by atoms with Crippen LogP contribution in [0.5, 0.6) is 0 Å².